The molecule has 0 saturated heterocycles. The fourth-order valence-corrected chi connectivity index (χ4v) is 8.31. The molecule has 0 amide bonds. The van der Waals surface area contributed by atoms with Crippen LogP contribution in [-0.2, 0) is 5.41 Å². The third kappa shape index (κ3) is 5.01. The third-order valence-corrected chi connectivity index (χ3v) is 10.6. The fourth-order valence-electron chi connectivity index (χ4n) is 8.31. The van der Waals surface area contributed by atoms with Gasteiger partial charge in [-0.1, -0.05) is 194 Å². The summed E-state index contributed by atoms with van der Waals surface area (Å²) in [5, 5.41) is 2.45. The monoisotopic (exact) mass is 675 g/mol. The lowest BCUT2D eigenvalue weighted by molar-refractivity contribution is 0.769. The van der Waals surface area contributed by atoms with Crippen molar-refractivity contribution in [1.29, 1.82) is 0 Å². The van der Waals surface area contributed by atoms with Crippen LogP contribution in [0.2, 0.25) is 0 Å². The Labute approximate surface area is 309 Å². The number of fused-ring (bicyclic) bond motifs is 5. The van der Waals surface area contributed by atoms with E-state index in [1.165, 1.54) is 49.7 Å². The Morgan fingerprint density at radius 1 is 0.302 bits per heavy atom. The maximum atomic E-state index is 5.02. The molecule has 0 radical (unpaired) electrons. The third-order valence-electron chi connectivity index (χ3n) is 10.6. The summed E-state index contributed by atoms with van der Waals surface area (Å²) in [6, 6.07) is 71.2. The van der Waals surface area contributed by atoms with Crippen molar-refractivity contribution in [2.45, 2.75) is 5.41 Å². The number of aromatic nitrogens is 3. The van der Waals surface area contributed by atoms with Crippen molar-refractivity contribution in [2.75, 3.05) is 0 Å². The zero-order valence-corrected chi connectivity index (χ0v) is 28.9. The van der Waals surface area contributed by atoms with Crippen molar-refractivity contribution < 1.29 is 0 Å². The molecule has 1 aromatic heterocycles. The summed E-state index contributed by atoms with van der Waals surface area (Å²) in [4.78, 5) is 14.9. The van der Waals surface area contributed by atoms with Gasteiger partial charge in [-0.05, 0) is 61.3 Å². The molecule has 1 aliphatic carbocycles. The zero-order valence-electron chi connectivity index (χ0n) is 28.9. The molecule has 0 N–H and O–H groups in total. The smallest absolute Gasteiger partial charge is 0.164 e. The van der Waals surface area contributed by atoms with E-state index in [4.69, 9.17) is 15.0 Å². The first-order valence-electron chi connectivity index (χ1n) is 18.0. The van der Waals surface area contributed by atoms with Gasteiger partial charge in [-0.3, -0.25) is 0 Å². The van der Waals surface area contributed by atoms with E-state index in [1.54, 1.807) is 0 Å². The van der Waals surface area contributed by atoms with Crippen LogP contribution in [0.3, 0.4) is 0 Å². The van der Waals surface area contributed by atoms with Crippen LogP contribution in [0.25, 0.3) is 67.2 Å². The van der Waals surface area contributed by atoms with Gasteiger partial charge in [0.2, 0.25) is 0 Å². The molecule has 53 heavy (non-hydrogen) atoms. The highest BCUT2D eigenvalue weighted by Crippen LogP contribution is 2.58. The van der Waals surface area contributed by atoms with Gasteiger partial charge in [-0.25, -0.2) is 15.0 Å². The van der Waals surface area contributed by atoms with E-state index in [2.05, 4.69) is 140 Å². The zero-order chi connectivity index (χ0) is 35.2. The Morgan fingerprint density at radius 2 is 0.774 bits per heavy atom. The molecular weight excluding hydrogens is 643 g/mol. The second kappa shape index (κ2) is 12.7. The predicted molar refractivity (Wildman–Crippen MR) is 216 cm³/mol. The highest BCUT2D eigenvalue weighted by molar-refractivity contribution is 6.09. The van der Waals surface area contributed by atoms with Gasteiger partial charge in [0.05, 0.1) is 5.41 Å². The van der Waals surface area contributed by atoms with Crippen LogP contribution >= 0.6 is 0 Å². The summed E-state index contributed by atoms with van der Waals surface area (Å²) < 4.78 is 0. The van der Waals surface area contributed by atoms with Crippen molar-refractivity contribution in [3.8, 4) is 56.4 Å². The molecule has 1 aliphatic rings. The molecule has 0 atom stereocenters. The van der Waals surface area contributed by atoms with E-state index in [1.807, 2.05) is 60.7 Å². The molecule has 8 aromatic carbocycles. The molecule has 9 aromatic rings. The normalized spacial score (nSPS) is 12.7. The maximum absolute atomic E-state index is 5.02. The summed E-state index contributed by atoms with van der Waals surface area (Å²) in [6.45, 7) is 0. The summed E-state index contributed by atoms with van der Waals surface area (Å²) >= 11 is 0. The van der Waals surface area contributed by atoms with Crippen molar-refractivity contribution in [1.82, 2.24) is 15.0 Å². The van der Waals surface area contributed by atoms with Gasteiger partial charge in [-0.15, -0.1) is 0 Å². The van der Waals surface area contributed by atoms with E-state index in [0.717, 1.165) is 22.3 Å². The lowest BCUT2D eigenvalue weighted by Crippen LogP contribution is -2.28. The lowest BCUT2D eigenvalue weighted by atomic mass is 9.67. The van der Waals surface area contributed by atoms with Gasteiger partial charge in [0.15, 0.2) is 17.5 Å². The van der Waals surface area contributed by atoms with E-state index >= 15 is 0 Å². The van der Waals surface area contributed by atoms with Crippen LogP contribution in [0.4, 0.5) is 0 Å². The summed E-state index contributed by atoms with van der Waals surface area (Å²) in [5.41, 5.74) is 12.4. The van der Waals surface area contributed by atoms with Crippen LogP contribution in [0.5, 0.6) is 0 Å². The molecule has 1 heterocycles. The van der Waals surface area contributed by atoms with Gasteiger partial charge >= 0.3 is 0 Å². The number of hydrogen-bond acceptors (Lipinski definition) is 3. The molecule has 0 unspecified atom stereocenters. The summed E-state index contributed by atoms with van der Waals surface area (Å²) in [6.07, 6.45) is 0. The number of benzene rings is 8. The lowest BCUT2D eigenvalue weighted by Gasteiger charge is -2.34. The van der Waals surface area contributed by atoms with Crippen LogP contribution in [0, 0.1) is 0 Å². The molecule has 0 aliphatic heterocycles. The molecule has 0 saturated carbocycles. The Bertz CT molecular complexity index is 2660. The summed E-state index contributed by atoms with van der Waals surface area (Å²) in [5.74, 6) is 1.95. The second-order valence-electron chi connectivity index (χ2n) is 13.5. The van der Waals surface area contributed by atoms with Gasteiger partial charge in [0.25, 0.3) is 0 Å². The standard InChI is InChI=1S/C50H33N3/c1-5-17-34(18-6-1)47-51-48(35-19-7-2-8-20-35)53-49(52-47)37-22-15-21-36(33-37)40-28-16-29-42-41(40)31-32-45-46(42)43-27-13-14-30-44(43)50(45,38-23-9-3-10-24-38)39-25-11-4-12-26-39/h1-33H. The highest BCUT2D eigenvalue weighted by Gasteiger charge is 2.46. The van der Waals surface area contributed by atoms with Crippen LogP contribution in [-0.4, -0.2) is 15.0 Å². The summed E-state index contributed by atoms with van der Waals surface area (Å²) in [7, 11) is 0. The van der Waals surface area contributed by atoms with Gasteiger partial charge in [-0.2, -0.15) is 0 Å². The Morgan fingerprint density at radius 3 is 1.40 bits per heavy atom. The predicted octanol–water partition coefficient (Wildman–Crippen LogP) is 12.1. The van der Waals surface area contributed by atoms with Crippen molar-refractivity contribution >= 4 is 10.8 Å². The fraction of sp³-hybridized carbons (Fsp3) is 0.0200. The topological polar surface area (TPSA) is 38.7 Å². The van der Waals surface area contributed by atoms with Gasteiger partial charge in [0, 0.05) is 16.7 Å². The first kappa shape index (κ1) is 30.8. The quantitative estimate of drug-likeness (QED) is 0.176. The van der Waals surface area contributed by atoms with E-state index in [0.29, 0.717) is 17.5 Å². The maximum Gasteiger partial charge on any atom is 0.164 e. The number of nitrogens with zero attached hydrogens (tertiary/aromatic N) is 3. The minimum absolute atomic E-state index is 0.440. The highest BCUT2D eigenvalue weighted by atomic mass is 15.0. The Hall–Kier alpha value is -6.97. The molecule has 0 fully saturated rings. The first-order valence-corrected chi connectivity index (χ1v) is 18.0. The Kier molecular flexibility index (Phi) is 7.36. The van der Waals surface area contributed by atoms with Gasteiger partial charge in [0.1, 0.15) is 0 Å². The second-order valence-corrected chi connectivity index (χ2v) is 13.5. The molecule has 3 nitrogen and oxygen atoms in total. The van der Waals surface area contributed by atoms with Crippen molar-refractivity contribution in [3.05, 3.63) is 222 Å². The molecule has 3 heteroatoms. The number of hydrogen-bond donors (Lipinski definition) is 0. The van der Waals surface area contributed by atoms with Crippen LogP contribution in [0.1, 0.15) is 22.3 Å². The average molecular weight is 676 g/mol. The van der Waals surface area contributed by atoms with E-state index < -0.39 is 5.41 Å². The molecular formula is C50H33N3. The van der Waals surface area contributed by atoms with Gasteiger partial charge < -0.3 is 0 Å². The first-order chi connectivity index (χ1) is 26.3. The van der Waals surface area contributed by atoms with E-state index in [9.17, 15) is 0 Å². The van der Waals surface area contributed by atoms with E-state index in [-0.39, 0.29) is 0 Å². The minimum Gasteiger partial charge on any atom is -0.208 e. The Balaban J connectivity index is 1.16. The molecule has 248 valence electrons. The molecule has 0 spiro atoms. The SMILES string of the molecule is c1ccc(-c2nc(-c3ccccc3)nc(-c3cccc(-c4cccc5c6c(ccc45)C(c4ccccc4)(c4ccccc4)c4ccccc4-6)c3)n2)cc1. The van der Waals surface area contributed by atoms with Crippen molar-refractivity contribution in [3.63, 3.8) is 0 Å². The molecule has 0 bridgehead atoms. The van der Waals surface area contributed by atoms with Crippen LogP contribution in [0.15, 0.2) is 200 Å². The van der Waals surface area contributed by atoms with Crippen LogP contribution < -0.4 is 0 Å². The average Bonchev–Trinajstić information content (AvgIpc) is 3.56. The largest absolute Gasteiger partial charge is 0.208 e. The number of rotatable bonds is 6. The minimum atomic E-state index is -0.440. The molecule has 10 rings (SSSR count). The van der Waals surface area contributed by atoms with Crippen molar-refractivity contribution in [2.24, 2.45) is 0 Å².